The standard InChI is InChI=1S/C36H50N4O6PS/c1-5-7-8-9-10-11-12-13-14-18-23-44-31-22-21-27(3)24-32(31)46-48(43)37-25-28(4)34-38-35-33(47(42)45-6-2)30(26-40(35)36(41)39-34)29-19-16-15-17-20-29/h15-17,19-22,24,28,37H,5-14,18,23,25-26H2,1-4H3/q+1. The van der Waals surface area contributed by atoms with Gasteiger partial charge in [0.25, 0.3) is 16.6 Å². The summed E-state index contributed by atoms with van der Waals surface area (Å²) in [6.45, 7) is 8.95. The van der Waals surface area contributed by atoms with Crippen LogP contribution >= 0.6 is 8.03 Å². The number of aromatic nitrogens is 3. The zero-order chi connectivity index (χ0) is 34.3. The van der Waals surface area contributed by atoms with Gasteiger partial charge in [0, 0.05) is 18.0 Å². The lowest BCUT2D eigenvalue weighted by Crippen LogP contribution is -2.31. The van der Waals surface area contributed by atoms with Crippen LogP contribution < -0.4 is 19.3 Å². The Bertz CT molecular complexity index is 1610. The Morgan fingerprint density at radius 2 is 1.62 bits per heavy atom. The third-order valence-electron chi connectivity index (χ3n) is 8.25. The lowest BCUT2D eigenvalue weighted by molar-refractivity contribution is 0.296. The summed E-state index contributed by atoms with van der Waals surface area (Å²) >= 11 is -1.90. The number of rotatable bonds is 22. The number of fused-ring (bicyclic) bond motifs is 1. The fourth-order valence-corrected chi connectivity index (χ4v) is 7.42. The molecule has 2 aromatic carbocycles. The number of benzene rings is 2. The highest BCUT2D eigenvalue weighted by Gasteiger charge is 2.41. The average molecular weight is 698 g/mol. The smallest absolute Gasteiger partial charge is 0.490 e. The molecular formula is C36H50N4O6PS+. The molecule has 0 amide bonds. The monoisotopic (exact) mass is 697 g/mol. The second-order valence-corrected chi connectivity index (χ2v) is 14.3. The summed E-state index contributed by atoms with van der Waals surface area (Å²) in [6.07, 6.45) is 12.5. The van der Waals surface area contributed by atoms with Gasteiger partial charge < -0.3 is 8.92 Å². The Morgan fingerprint density at radius 3 is 2.31 bits per heavy atom. The topological polar surface area (TPSA) is 122 Å². The van der Waals surface area contributed by atoms with Crippen LogP contribution in [0, 0.1) is 6.92 Å². The highest BCUT2D eigenvalue weighted by atomic mass is 32.2. The van der Waals surface area contributed by atoms with Crippen molar-refractivity contribution >= 4 is 30.2 Å². The molecule has 3 atom stereocenters. The van der Waals surface area contributed by atoms with Gasteiger partial charge in [0.05, 0.1) is 13.2 Å². The van der Waals surface area contributed by atoms with E-state index >= 15 is 0 Å². The van der Waals surface area contributed by atoms with Crippen molar-refractivity contribution in [3.8, 4) is 11.5 Å². The van der Waals surface area contributed by atoms with Gasteiger partial charge in [-0.3, -0.25) is 4.57 Å². The highest BCUT2D eigenvalue weighted by molar-refractivity contribution is 7.78. The number of allylic oxidation sites excluding steroid dienone is 1. The fraction of sp³-hybridized carbons (Fsp3) is 0.528. The van der Waals surface area contributed by atoms with Crippen LogP contribution in [-0.4, -0.2) is 38.5 Å². The first-order valence-corrected chi connectivity index (χ1v) is 19.5. The largest absolute Gasteiger partial charge is 0.553 e. The van der Waals surface area contributed by atoms with Gasteiger partial charge in [0.1, 0.15) is 12.4 Å². The zero-order valence-electron chi connectivity index (χ0n) is 28.7. The van der Waals surface area contributed by atoms with Crippen molar-refractivity contribution in [3.63, 3.8) is 0 Å². The number of hydrogen-bond acceptors (Lipinski definition) is 8. The van der Waals surface area contributed by atoms with Gasteiger partial charge in [-0.2, -0.15) is 9.19 Å². The van der Waals surface area contributed by atoms with Crippen molar-refractivity contribution in [1.29, 1.82) is 0 Å². The van der Waals surface area contributed by atoms with Crippen molar-refractivity contribution < 1.29 is 22.2 Å². The Labute approximate surface area is 288 Å². The van der Waals surface area contributed by atoms with Gasteiger partial charge in [-0.05, 0) is 48.1 Å². The van der Waals surface area contributed by atoms with E-state index in [2.05, 4.69) is 21.6 Å². The molecule has 3 unspecified atom stereocenters. The van der Waals surface area contributed by atoms with Crippen molar-refractivity contribution in [3.05, 3.63) is 81.8 Å². The molecule has 0 bridgehead atoms. The first kappa shape index (κ1) is 37.6. The summed E-state index contributed by atoms with van der Waals surface area (Å²) in [7, 11) is -2.26. The van der Waals surface area contributed by atoms with Crippen LogP contribution in [0.15, 0.2) is 53.3 Å². The van der Waals surface area contributed by atoms with Crippen molar-refractivity contribution in [1.82, 2.24) is 19.3 Å². The first-order chi connectivity index (χ1) is 23.3. The second-order valence-electron chi connectivity index (χ2n) is 12.2. The molecule has 4 rings (SSSR count). The summed E-state index contributed by atoms with van der Waals surface area (Å²) in [6, 6.07) is 15.1. The zero-order valence-corrected chi connectivity index (χ0v) is 30.5. The van der Waals surface area contributed by atoms with Gasteiger partial charge in [0.2, 0.25) is 0 Å². The highest BCUT2D eigenvalue weighted by Crippen LogP contribution is 2.48. The average Bonchev–Trinajstić information content (AvgIpc) is 3.48. The van der Waals surface area contributed by atoms with Crippen LogP contribution in [-0.2, 0) is 26.9 Å². The SMILES string of the molecule is CCCCCCCCCCCCOc1ccc(C)cc1OS(=O)NCC(C)c1nc2n(c(=O)n1)CC(c1ccccc1)=C2[P+](=O)OCC. The number of aryl methyl sites for hydroxylation is 1. The Balaban J connectivity index is 1.32. The van der Waals surface area contributed by atoms with Crippen LogP contribution in [0.3, 0.4) is 0 Å². The number of nitrogens with one attached hydrogen (secondary N) is 1. The van der Waals surface area contributed by atoms with E-state index in [1.807, 2.05) is 56.3 Å². The van der Waals surface area contributed by atoms with E-state index in [1.54, 1.807) is 13.0 Å². The maximum atomic E-state index is 13.2. The van der Waals surface area contributed by atoms with Crippen LogP contribution in [0.2, 0.25) is 0 Å². The predicted octanol–water partition coefficient (Wildman–Crippen LogP) is 8.26. The lowest BCUT2D eigenvalue weighted by atomic mass is 10.1. The molecule has 1 aliphatic heterocycles. The third-order valence-corrected chi connectivity index (χ3v) is 10.3. The molecule has 0 aliphatic carbocycles. The third kappa shape index (κ3) is 10.9. The quantitative estimate of drug-likeness (QED) is 0.0823. The van der Waals surface area contributed by atoms with E-state index in [9.17, 15) is 13.6 Å². The first-order valence-electron chi connectivity index (χ1n) is 17.3. The van der Waals surface area contributed by atoms with Crippen LogP contribution in [0.4, 0.5) is 0 Å². The molecule has 0 saturated heterocycles. The Kier molecular flexibility index (Phi) is 15.4. The Hall–Kier alpha value is -3.24. The van der Waals surface area contributed by atoms with Gasteiger partial charge in [-0.1, -0.05) is 108 Å². The van der Waals surface area contributed by atoms with Crippen LogP contribution in [0.25, 0.3) is 10.9 Å². The van der Waals surface area contributed by atoms with Crippen molar-refractivity contribution in [2.24, 2.45) is 0 Å². The predicted molar refractivity (Wildman–Crippen MR) is 192 cm³/mol. The molecule has 10 nitrogen and oxygen atoms in total. The van der Waals surface area contributed by atoms with Gasteiger partial charge in [-0.15, -0.1) is 4.52 Å². The number of ether oxygens (including phenoxy) is 1. The van der Waals surface area contributed by atoms with Crippen LogP contribution in [0.5, 0.6) is 11.5 Å². The van der Waals surface area contributed by atoms with E-state index in [-0.39, 0.29) is 31.3 Å². The van der Waals surface area contributed by atoms with Gasteiger partial charge in [-0.25, -0.2) is 14.5 Å². The summed E-state index contributed by atoms with van der Waals surface area (Å²) in [5, 5.41) is 0.399. The molecule has 0 saturated carbocycles. The minimum absolute atomic E-state index is 0.165. The lowest BCUT2D eigenvalue weighted by Gasteiger charge is -2.14. The molecule has 0 radical (unpaired) electrons. The normalized spacial score (nSPS) is 14.1. The van der Waals surface area contributed by atoms with E-state index in [4.69, 9.17) is 13.4 Å². The molecule has 2 heterocycles. The van der Waals surface area contributed by atoms with E-state index in [0.717, 1.165) is 29.5 Å². The Morgan fingerprint density at radius 1 is 0.938 bits per heavy atom. The number of nitrogens with zero attached hydrogens (tertiary/aromatic N) is 3. The molecule has 0 fully saturated rings. The van der Waals surface area contributed by atoms with Crippen LogP contribution in [0.1, 0.15) is 114 Å². The summed E-state index contributed by atoms with van der Waals surface area (Å²) in [5.74, 6) is 1.07. The summed E-state index contributed by atoms with van der Waals surface area (Å²) in [4.78, 5) is 22.0. The van der Waals surface area contributed by atoms with E-state index in [1.165, 1.54) is 55.9 Å². The van der Waals surface area contributed by atoms with E-state index < -0.39 is 30.9 Å². The fourth-order valence-electron chi connectivity index (χ4n) is 5.56. The number of hydrogen-bond donors (Lipinski definition) is 1. The number of unbranched alkanes of at least 4 members (excludes halogenated alkanes) is 9. The van der Waals surface area contributed by atoms with Crippen molar-refractivity contribution in [2.75, 3.05) is 19.8 Å². The second kappa shape index (κ2) is 19.7. The minimum atomic E-state index is -2.26. The molecule has 3 aromatic rings. The van der Waals surface area contributed by atoms with E-state index in [0.29, 0.717) is 23.4 Å². The molecule has 1 aromatic heterocycles. The maximum Gasteiger partial charge on any atom is 0.553 e. The van der Waals surface area contributed by atoms with Crippen molar-refractivity contribution in [2.45, 2.75) is 104 Å². The van der Waals surface area contributed by atoms with Gasteiger partial charge in [0.15, 0.2) is 17.3 Å². The molecule has 0 spiro atoms. The molecule has 48 heavy (non-hydrogen) atoms. The molecule has 12 heteroatoms. The molecule has 1 aliphatic rings. The maximum absolute atomic E-state index is 13.2. The summed E-state index contributed by atoms with van der Waals surface area (Å²) in [5.41, 5.74) is 2.02. The summed E-state index contributed by atoms with van der Waals surface area (Å²) < 4.78 is 47.8. The molecular weight excluding hydrogens is 647 g/mol. The van der Waals surface area contributed by atoms with Gasteiger partial charge >= 0.3 is 13.7 Å². The molecule has 1 N–H and O–H groups in total. The minimum Gasteiger partial charge on any atom is -0.490 e. The molecule has 260 valence electrons.